The molecule has 1 saturated heterocycles. The maximum absolute atomic E-state index is 12.5. The van der Waals surface area contributed by atoms with Crippen LogP contribution in [0.15, 0.2) is 42.6 Å². The van der Waals surface area contributed by atoms with Crippen molar-refractivity contribution in [3.05, 3.63) is 48.2 Å². The Morgan fingerprint density at radius 2 is 1.92 bits per heavy atom. The first-order valence-electron chi connectivity index (χ1n) is 8.97. The summed E-state index contributed by atoms with van der Waals surface area (Å²) in [4.78, 5) is 32.4. The first-order chi connectivity index (χ1) is 12.7. The van der Waals surface area contributed by atoms with E-state index in [1.54, 1.807) is 12.3 Å². The zero-order valence-electron chi connectivity index (χ0n) is 15.0. The number of para-hydroxylation sites is 1. The van der Waals surface area contributed by atoms with Crippen molar-refractivity contribution in [3.8, 4) is 0 Å². The molecular formula is C20H24N4O2. The van der Waals surface area contributed by atoms with E-state index in [0.29, 0.717) is 39.3 Å². The van der Waals surface area contributed by atoms with Crippen LogP contribution in [0.25, 0.3) is 17.0 Å². The molecule has 1 fully saturated rings. The molecule has 0 atom stereocenters. The quantitative estimate of drug-likeness (QED) is 0.829. The third kappa shape index (κ3) is 4.46. The average Bonchev–Trinajstić information content (AvgIpc) is 2.67. The third-order valence-corrected chi connectivity index (χ3v) is 4.49. The van der Waals surface area contributed by atoms with Gasteiger partial charge in [0.05, 0.1) is 12.1 Å². The van der Waals surface area contributed by atoms with E-state index in [2.05, 4.69) is 15.2 Å². The van der Waals surface area contributed by atoms with E-state index < -0.39 is 0 Å². The number of hydrogen-bond acceptors (Lipinski definition) is 4. The minimum absolute atomic E-state index is 0.00408. The van der Waals surface area contributed by atoms with E-state index in [0.717, 1.165) is 16.5 Å². The van der Waals surface area contributed by atoms with Crippen molar-refractivity contribution in [3.63, 3.8) is 0 Å². The van der Waals surface area contributed by atoms with Gasteiger partial charge in [-0.25, -0.2) is 0 Å². The van der Waals surface area contributed by atoms with Gasteiger partial charge >= 0.3 is 0 Å². The largest absolute Gasteiger partial charge is 0.355 e. The zero-order valence-corrected chi connectivity index (χ0v) is 15.0. The molecule has 2 amide bonds. The summed E-state index contributed by atoms with van der Waals surface area (Å²) in [5.41, 5.74) is 1.83. The fourth-order valence-corrected chi connectivity index (χ4v) is 3.11. The Hall–Kier alpha value is -2.73. The van der Waals surface area contributed by atoms with Crippen molar-refractivity contribution in [1.82, 2.24) is 20.1 Å². The summed E-state index contributed by atoms with van der Waals surface area (Å²) in [6.45, 7) is 5.65. The Labute approximate surface area is 153 Å². The molecule has 1 N–H and O–H groups in total. The summed E-state index contributed by atoms with van der Waals surface area (Å²) in [6.07, 6.45) is 5.21. The van der Waals surface area contributed by atoms with Crippen LogP contribution in [0.3, 0.4) is 0 Å². The number of nitrogens with zero attached hydrogens (tertiary/aromatic N) is 3. The van der Waals surface area contributed by atoms with E-state index in [1.165, 1.54) is 0 Å². The van der Waals surface area contributed by atoms with E-state index in [-0.39, 0.29) is 11.8 Å². The van der Waals surface area contributed by atoms with Crippen molar-refractivity contribution in [2.45, 2.75) is 6.92 Å². The molecule has 6 nitrogen and oxygen atoms in total. The highest BCUT2D eigenvalue weighted by Gasteiger charge is 2.20. The summed E-state index contributed by atoms with van der Waals surface area (Å²) >= 11 is 0. The number of likely N-dealkylation sites (N-methyl/N-ethyl adjacent to an activating group) is 1. The Bertz CT molecular complexity index is 805. The van der Waals surface area contributed by atoms with Crippen molar-refractivity contribution >= 4 is 28.8 Å². The smallest absolute Gasteiger partial charge is 0.246 e. The summed E-state index contributed by atoms with van der Waals surface area (Å²) in [7, 11) is 0. The van der Waals surface area contributed by atoms with Crippen LogP contribution in [0, 0.1) is 0 Å². The summed E-state index contributed by atoms with van der Waals surface area (Å²) < 4.78 is 0. The fourth-order valence-electron chi connectivity index (χ4n) is 3.11. The second kappa shape index (κ2) is 8.58. The number of carbonyl (C=O) groups is 2. The van der Waals surface area contributed by atoms with E-state index in [1.807, 2.05) is 48.2 Å². The molecule has 1 aromatic carbocycles. The first kappa shape index (κ1) is 18.1. The lowest BCUT2D eigenvalue weighted by atomic mass is 10.1. The second-order valence-electron chi connectivity index (χ2n) is 6.31. The van der Waals surface area contributed by atoms with Gasteiger partial charge in [-0.05, 0) is 19.1 Å². The highest BCUT2D eigenvalue weighted by atomic mass is 16.2. The van der Waals surface area contributed by atoms with Gasteiger partial charge < -0.3 is 10.2 Å². The minimum atomic E-state index is -0.00408. The fraction of sp³-hybridized carbons (Fsp3) is 0.350. The topological polar surface area (TPSA) is 65.5 Å². The van der Waals surface area contributed by atoms with Crippen molar-refractivity contribution in [2.75, 3.05) is 39.3 Å². The van der Waals surface area contributed by atoms with Gasteiger partial charge in [-0.1, -0.05) is 24.3 Å². The predicted octanol–water partition coefficient (Wildman–Crippen LogP) is 1.53. The number of carbonyl (C=O) groups excluding carboxylic acids is 2. The predicted molar refractivity (Wildman–Crippen MR) is 102 cm³/mol. The van der Waals surface area contributed by atoms with Gasteiger partial charge in [-0.3, -0.25) is 19.5 Å². The number of pyridine rings is 1. The van der Waals surface area contributed by atoms with Crippen LogP contribution in [0.4, 0.5) is 0 Å². The summed E-state index contributed by atoms with van der Waals surface area (Å²) in [5.74, 6) is 0.0335. The van der Waals surface area contributed by atoms with Crippen LogP contribution in [0.5, 0.6) is 0 Å². The number of benzene rings is 1. The molecule has 1 aliphatic heterocycles. The maximum atomic E-state index is 12.5. The molecular weight excluding hydrogens is 328 g/mol. The lowest BCUT2D eigenvalue weighted by Gasteiger charge is -2.33. The van der Waals surface area contributed by atoms with Crippen LogP contribution < -0.4 is 5.32 Å². The Morgan fingerprint density at radius 1 is 1.15 bits per heavy atom. The van der Waals surface area contributed by atoms with Gasteiger partial charge in [-0.2, -0.15) is 0 Å². The van der Waals surface area contributed by atoms with Gasteiger partial charge in [0.25, 0.3) is 0 Å². The normalized spacial score (nSPS) is 15.5. The molecule has 0 aliphatic carbocycles. The molecule has 136 valence electrons. The van der Waals surface area contributed by atoms with Gasteiger partial charge in [0.15, 0.2) is 0 Å². The number of nitrogens with one attached hydrogen (secondary N) is 1. The van der Waals surface area contributed by atoms with Gasteiger partial charge in [0.1, 0.15) is 0 Å². The van der Waals surface area contributed by atoms with E-state index in [4.69, 9.17) is 0 Å². The number of fused-ring (bicyclic) bond motifs is 1. The Balaban J connectivity index is 1.57. The lowest BCUT2D eigenvalue weighted by molar-refractivity contribution is -0.128. The molecule has 1 aliphatic rings. The molecule has 0 radical (unpaired) electrons. The summed E-state index contributed by atoms with van der Waals surface area (Å²) in [6, 6.07) is 9.85. The average molecular weight is 352 g/mol. The molecule has 6 heteroatoms. The molecule has 2 aromatic rings. The molecule has 0 bridgehead atoms. The second-order valence-corrected chi connectivity index (χ2v) is 6.31. The Morgan fingerprint density at radius 3 is 2.69 bits per heavy atom. The highest BCUT2D eigenvalue weighted by Crippen LogP contribution is 2.17. The number of rotatable bonds is 5. The standard InChI is InChI=1S/C20H24N4O2/c1-2-21-18(25)15-23-11-13-24(14-12-23)19(26)9-8-17-6-3-5-16-7-4-10-22-20(16)17/h3-10H,2,11-15H2,1H3,(H,21,25)/b9-8+. The van der Waals surface area contributed by atoms with Crippen molar-refractivity contribution in [2.24, 2.45) is 0 Å². The van der Waals surface area contributed by atoms with Crippen LogP contribution in [0.1, 0.15) is 12.5 Å². The molecule has 3 rings (SSSR count). The molecule has 2 heterocycles. The Kier molecular flexibility index (Phi) is 5.96. The molecule has 0 saturated carbocycles. The van der Waals surface area contributed by atoms with Crippen LogP contribution in [0.2, 0.25) is 0 Å². The van der Waals surface area contributed by atoms with Gasteiger partial charge in [0, 0.05) is 55.9 Å². The molecule has 0 spiro atoms. The number of piperazine rings is 1. The van der Waals surface area contributed by atoms with Crippen LogP contribution >= 0.6 is 0 Å². The summed E-state index contributed by atoms with van der Waals surface area (Å²) in [5, 5.41) is 3.86. The van der Waals surface area contributed by atoms with Crippen LogP contribution in [-0.4, -0.2) is 65.9 Å². The van der Waals surface area contributed by atoms with Gasteiger partial charge in [-0.15, -0.1) is 0 Å². The van der Waals surface area contributed by atoms with Crippen LogP contribution in [-0.2, 0) is 9.59 Å². The number of aromatic nitrogens is 1. The monoisotopic (exact) mass is 352 g/mol. The molecule has 1 aromatic heterocycles. The van der Waals surface area contributed by atoms with Crippen molar-refractivity contribution in [1.29, 1.82) is 0 Å². The van der Waals surface area contributed by atoms with E-state index >= 15 is 0 Å². The molecule has 26 heavy (non-hydrogen) atoms. The first-order valence-corrected chi connectivity index (χ1v) is 8.97. The third-order valence-electron chi connectivity index (χ3n) is 4.49. The lowest BCUT2D eigenvalue weighted by Crippen LogP contribution is -2.50. The zero-order chi connectivity index (χ0) is 18.4. The minimum Gasteiger partial charge on any atom is -0.355 e. The van der Waals surface area contributed by atoms with Gasteiger partial charge in [0.2, 0.25) is 11.8 Å². The number of hydrogen-bond donors (Lipinski definition) is 1. The molecule has 0 unspecified atom stereocenters. The highest BCUT2D eigenvalue weighted by molar-refractivity contribution is 5.95. The number of amides is 2. The SMILES string of the molecule is CCNC(=O)CN1CCN(C(=O)/C=C/c2cccc3cccnc23)CC1. The maximum Gasteiger partial charge on any atom is 0.246 e. The van der Waals surface area contributed by atoms with Crippen molar-refractivity contribution < 1.29 is 9.59 Å². The van der Waals surface area contributed by atoms with E-state index in [9.17, 15) is 9.59 Å².